The molecule has 0 radical (unpaired) electrons. The summed E-state index contributed by atoms with van der Waals surface area (Å²) in [5.41, 5.74) is 2.55. The van der Waals surface area contributed by atoms with Gasteiger partial charge in [-0.3, -0.25) is 9.78 Å². The number of aliphatic carboxylic acids is 1. The Morgan fingerprint density at radius 1 is 1.15 bits per heavy atom. The fraction of sp³-hybridized carbons (Fsp3) is 0.458. The van der Waals surface area contributed by atoms with Crippen molar-refractivity contribution in [1.29, 1.82) is 0 Å². The highest BCUT2D eigenvalue weighted by Gasteiger charge is 2.31. The van der Waals surface area contributed by atoms with Crippen molar-refractivity contribution >= 4 is 17.5 Å². The van der Waals surface area contributed by atoms with E-state index in [1.807, 2.05) is 26.8 Å². The number of carbonyl (C=O) groups is 1. The summed E-state index contributed by atoms with van der Waals surface area (Å²) in [4.78, 5) is 24.7. The molecule has 3 aromatic heterocycles. The molecule has 2 N–H and O–H groups in total. The highest BCUT2D eigenvalue weighted by molar-refractivity contribution is 5.76. The lowest BCUT2D eigenvalue weighted by Crippen LogP contribution is -2.31. The quantitative estimate of drug-likeness (QED) is 0.461. The Labute approximate surface area is 197 Å². The molecular formula is C24H29N5O5. The van der Waals surface area contributed by atoms with Crippen molar-refractivity contribution in [2.45, 2.75) is 46.5 Å². The van der Waals surface area contributed by atoms with Gasteiger partial charge in [0.2, 0.25) is 11.6 Å². The number of aryl methyl sites for hydroxylation is 2. The fourth-order valence-electron chi connectivity index (χ4n) is 4.20. The van der Waals surface area contributed by atoms with Crippen molar-refractivity contribution in [2.24, 2.45) is 11.8 Å². The lowest BCUT2D eigenvalue weighted by Gasteiger charge is -2.28. The summed E-state index contributed by atoms with van der Waals surface area (Å²) < 4.78 is 17.0. The van der Waals surface area contributed by atoms with Crippen LogP contribution in [0, 0.1) is 25.7 Å². The van der Waals surface area contributed by atoms with Gasteiger partial charge >= 0.3 is 5.97 Å². The molecule has 0 spiro atoms. The molecule has 0 amide bonds. The second kappa shape index (κ2) is 10.5. The molecular weight excluding hydrogens is 438 g/mol. The third-order valence-electron chi connectivity index (χ3n) is 5.97. The van der Waals surface area contributed by atoms with Crippen LogP contribution in [-0.2, 0) is 4.79 Å². The molecule has 180 valence electrons. The molecule has 0 saturated heterocycles. The van der Waals surface area contributed by atoms with Gasteiger partial charge < -0.3 is 24.4 Å². The Balaban J connectivity index is 1.50. The molecule has 3 heterocycles. The van der Waals surface area contributed by atoms with Gasteiger partial charge in [0.1, 0.15) is 22.8 Å². The summed E-state index contributed by atoms with van der Waals surface area (Å²) in [7, 11) is 0. The van der Waals surface area contributed by atoms with E-state index in [-0.39, 0.29) is 11.8 Å². The van der Waals surface area contributed by atoms with Gasteiger partial charge in [-0.25, -0.2) is 4.98 Å². The first-order valence-corrected chi connectivity index (χ1v) is 11.5. The summed E-state index contributed by atoms with van der Waals surface area (Å²) in [5, 5.41) is 16.8. The van der Waals surface area contributed by atoms with Crippen LogP contribution in [-0.4, -0.2) is 44.4 Å². The SMILES string of the molecule is CCOc1cncc(Nc2c(C)noc2-c2ccc(OCC3CCCCC3C(=O)O)c(C)n2)n1. The van der Waals surface area contributed by atoms with Crippen LogP contribution in [0.25, 0.3) is 11.5 Å². The van der Waals surface area contributed by atoms with Crippen LogP contribution in [0.1, 0.15) is 44.0 Å². The van der Waals surface area contributed by atoms with Crippen LogP contribution < -0.4 is 14.8 Å². The molecule has 1 aliphatic rings. The van der Waals surface area contributed by atoms with Crippen molar-refractivity contribution in [3.8, 4) is 23.1 Å². The molecule has 0 aromatic carbocycles. The van der Waals surface area contributed by atoms with E-state index in [4.69, 9.17) is 14.0 Å². The summed E-state index contributed by atoms with van der Waals surface area (Å²) in [6, 6.07) is 3.62. The minimum absolute atomic E-state index is 0.00612. The monoisotopic (exact) mass is 467 g/mol. The number of nitrogens with one attached hydrogen (secondary N) is 1. The van der Waals surface area contributed by atoms with E-state index in [1.165, 1.54) is 0 Å². The predicted molar refractivity (Wildman–Crippen MR) is 124 cm³/mol. The minimum Gasteiger partial charge on any atom is -0.491 e. The largest absolute Gasteiger partial charge is 0.491 e. The third-order valence-corrected chi connectivity index (χ3v) is 5.97. The summed E-state index contributed by atoms with van der Waals surface area (Å²) in [6.07, 6.45) is 6.69. The molecule has 10 nitrogen and oxygen atoms in total. The zero-order valence-corrected chi connectivity index (χ0v) is 19.6. The van der Waals surface area contributed by atoms with Crippen molar-refractivity contribution in [1.82, 2.24) is 20.1 Å². The molecule has 1 saturated carbocycles. The topological polar surface area (TPSA) is 132 Å². The first kappa shape index (κ1) is 23.5. The first-order chi connectivity index (χ1) is 16.5. The number of aromatic nitrogens is 4. The Kier molecular flexibility index (Phi) is 7.24. The first-order valence-electron chi connectivity index (χ1n) is 11.5. The maximum Gasteiger partial charge on any atom is 0.306 e. The maximum absolute atomic E-state index is 11.6. The van der Waals surface area contributed by atoms with Gasteiger partial charge in [-0.05, 0) is 45.7 Å². The van der Waals surface area contributed by atoms with Crippen LogP contribution in [0.2, 0.25) is 0 Å². The zero-order valence-electron chi connectivity index (χ0n) is 19.6. The normalized spacial score (nSPS) is 17.9. The standard InChI is InChI=1S/C24H29N5O5/c1-4-32-21-12-25-11-20(27-21)28-22-15(3)29-34-23(22)18-9-10-19(14(2)26-18)33-13-16-7-5-6-8-17(16)24(30)31/h9-12,16-17H,4-8,13H2,1-3H3,(H,27,28)(H,30,31). The minimum atomic E-state index is -0.740. The second-order valence-corrected chi connectivity index (χ2v) is 8.35. The van der Waals surface area contributed by atoms with Gasteiger partial charge in [-0.1, -0.05) is 18.0 Å². The number of carboxylic acid groups (broad SMARTS) is 1. The Bertz CT molecular complexity index is 1150. The third kappa shape index (κ3) is 5.27. The predicted octanol–water partition coefficient (Wildman–Crippen LogP) is 4.56. The zero-order chi connectivity index (χ0) is 24.1. The van der Waals surface area contributed by atoms with Crippen LogP contribution in [0.4, 0.5) is 11.5 Å². The fourth-order valence-corrected chi connectivity index (χ4v) is 4.20. The molecule has 1 fully saturated rings. The number of carboxylic acids is 1. The molecule has 34 heavy (non-hydrogen) atoms. The van der Waals surface area contributed by atoms with E-state index in [0.29, 0.717) is 65.6 Å². The van der Waals surface area contributed by atoms with Crippen molar-refractivity contribution in [3.05, 3.63) is 35.9 Å². The smallest absolute Gasteiger partial charge is 0.306 e. The lowest BCUT2D eigenvalue weighted by molar-refractivity contribution is -0.145. The molecule has 1 aliphatic carbocycles. The van der Waals surface area contributed by atoms with Gasteiger partial charge in [-0.2, -0.15) is 4.98 Å². The van der Waals surface area contributed by atoms with E-state index in [0.717, 1.165) is 19.3 Å². The average Bonchev–Trinajstić information content (AvgIpc) is 3.19. The van der Waals surface area contributed by atoms with Crippen LogP contribution in [0.15, 0.2) is 29.0 Å². The Hall–Kier alpha value is -3.69. The molecule has 10 heteroatoms. The number of hydrogen-bond acceptors (Lipinski definition) is 9. The van der Waals surface area contributed by atoms with Gasteiger partial charge in [0, 0.05) is 5.92 Å². The molecule has 0 bridgehead atoms. The van der Waals surface area contributed by atoms with Gasteiger partial charge in [-0.15, -0.1) is 0 Å². The maximum atomic E-state index is 11.6. The van der Waals surface area contributed by atoms with E-state index in [2.05, 4.69) is 25.4 Å². The summed E-state index contributed by atoms with van der Waals surface area (Å²) >= 11 is 0. The number of nitrogens with zero attached hydrogens (tertiary/aromatic N) is 4. The summed E-state index contributed by atoms with van der Waals surface area (Å²) in [6.45, 7) is 6.40. The molecule has 2 atom stereocenters. The molecule has 2 unspecified atom stereocenters. The highest BCUT2D eigenvalue weighted by Crippen LogP contribution is 2.34. The highest BCUT2D eigenvalue weighted by atomic mass is 16.5. The van der Waals surface area contributed by atoms with Crippen LogP contribution >= 0.6 is 0 Å². The van der Waals surface area contributed by atoms with E-state index >= 15 is 0 Å². The number of pyridine rings is 1. The van der Waals surface area contributed by atoms with Crippen LogP contribution in [0.5, 0.6) is 11.6 Å². The Morgan fingerprint density at radius 3 is 2.74 bits per heavy atom. The van der Waals surface area contributed by atoms with E-state index in [1.54, 1.807) is 18.5 Å². The average molecular weight is 468 g/mol. The van der Waals surface area contributed by atoms with Crippen molar-refractivity contribution in [3.63, 3.8) is 0 Å². The van der Waals surface area contributed by atoms with Crippen LogP contribution in [0.3, 0.4) is 0 Å². The second-order valence-electron chi connectivity index (χ2n) is 8.35. The van der Waals surface area contributed by atoms with Crippen molar-refractivity contribution in [2.75, 3.05) is 18.5 Å². The van der Waals surface area contributed by atoms with E-state index < -0.39 is 5.97 Å². The van der Waals surface area contributed by atoms with Gasteiger partial charge in [0.05, 0.1) is 37.2 Å². The Morgan fingerprint density at radius 2 is 1.97 bits per heavy atom. The van der Waals surface area contributed by atoms with E-state index in [9.17, 15) is 9.90 Å². The van der Waals surface area contributed by atoms with Gasteiger partial charge in [0.15, 0.2) is 5.82 Å². The number of hydrogen-bond donors (Lipinski definition) is 2. The summed E-state index contributed by atoms with van der Waals surface area (Å²) in [5.74, 6) is 0.921. The number of rotatable bonds is 9. The molecule has 3 aromatic rings. The lowest BCUT2D eigenvalue weighted by atomic mass is 9.80. The molecule has 4 rings (SSSR count). The van der Waals surface area contributed by atoms with Crippen molar-refractivity contribution < 1.29 is 23.9 Å². The van der Waals surface area contributed by atoms with Gasteiger partial charge in [0.25, 0.3) is 0 Å². The number of anilines is 2. The molecule has 0 aliphatic heterocycles. The number of ether oxygens (including phenoxy) is 2.